The zero-order chi connectivity index (χ0) is 23.8. The number of hydrogen-bond donors (Lipinski definition) is 3. The molecule has 0 saturated heterocycles. The summed E-state index contributed by atoms with van der Waals surface area (Å²) in [6.07, 6.45) is 8.66. The van der Waals surface area contributed by atoms with Crippen molar-refractivity contribution < 1.29 is 4.39 Å². The first-order valence-electron chi connectivity index (χ1n) is 11.3. The van der Waals surface area contributed by atoms with Gasteiger partial charge in [0.2, 0.25) is 0 Å². The molecule has 1 aromatic carbocycles. The lowest BCUT2D eigenvalue weighted by atomic mass is 10.0. The first kappa shape index (κ1) is 21.1. The largest absolute Gasteiger partial charge is 0.335 e. The van der Waals surface area contributed by atoms with Crippen LogP contribution in [0, 0.1) is 5.82 Å². The van der Waals surface area contributed by atoms with Crippen LogP contribution < -0.4 is 5.32 Å². The lowest BCUT2D eigenvalue weighted by molar-refractivity contribution is 0.643. The number of imidazole rings is 1. The highest BCUT2D eigenvalue weighted by Crippen LogP contribution is 2.35. The minimum absolute atomic E-state index is 0.363. The SMILES string of the molecule is CCNCc1cncc(-c2ccc3[nH]nc(-c4nc5nccc(-c6cccnc6)c5[nH]4)c3c2F)c1. The Morgan fingerprint density at radius 2 is 1.89 bits per heavy atom. The summed E-state index contributed by atoms with van der Waals surface area (Å²) >= 11 is 0. The maximum Gasteiger partial charge on any atom is 0.178 e. The summed E-state index contributed by atoms with van der Waals surface area (Å²) in [4.78, 5) is 20.8. The van der Waals surface area contributed by atoms with E-state index in [9.17, 15) is 0 Å². The van der Waals surface area contributed by atoms with E-state index in [1.807, 2.05) is 37.3 Å². The molecule has 5 heterocycles. The number of hydrogen-bond acceptors (Lipinski definition) is 6. The Kier molecular flexibility index (Phi) is 5.23. The monoisotopic (exact) mass is 464 g/mol. The van der Waals surface area contributed by atoms with E-state index in [0.29, 0.717) is 45.7 Å². The summed E-state index contributed by atoms with van der Waals surface area (Å²) < 4.78 is 15.9. The summed E-state index contributed by atoms with van der Waals surface area (Å²) in [6.45, 7) is 3.56. The quantitative estimate of drug-likeness (QED) is 0.324. The van der Waals surface area contributed by atoms with Gasteiger partial charge in [-0.05, 0) is 42.4 Å². The van der Waals surface area contributed by atoms with Crippen molar-refractivity contribution >= 4 is 22.1 Å². The standard InChI is InChI=1S/C26H21FN8/c1-2-28-11-15-10-17(14-30-12-15)18-5-6-20-21(22(18)27)24(35-34-20)26-32-23-19(7-9-31-25(23)33-26)16-4-3-8-29-13-16/h3-10,12-14,28H,2,11H2,1H3,(H,34,35)(H,31,32,33). The molecule has 172 valence electrons. The van der Waals surface area contributed by atoms with Crippen LogP contribution in [-0.4, -0.2) is 41.7 Å². The van der Waals surface area contributed by atoms with Crippen LogP contribution in [0.1, 0.15) is 12.5 Å². The molecule has 8 nitrogen and oxygen atoms in total. The van der Waals surface area contributed by atoms with Gasteiger partial charge in [0.15, 0.2) is 11.5 Å². The van der Waals surface area contributed by atoms with Crippen LogP contribution >= 0.6 is 0 Å². The van der Waals surface area contributed by atoms with Crippen LogP contribution in [0.15, 0.2) is 67.4 Å². The molecule has 3 N–H and O–H groups in total. The van der Waals surface area contributed by atoms with Crippen molar-refractivity contribution in [2.24, 2.45) is 0 Å². The van der Waals surface area contributed by atoms with Crippen LogP contribution in [0.2, 0.25) is 0 Å². The number of fused-ring (bicyclic) bond motifs is 2. The topological polar surface area (TPSA) is 108 Å². The number of aromatic amines is 2. The third-order valence-electron chi connectivity index (χ3n) is 5.94. The van der Waals surface area contributed by atoms with Crippen molar-refractivity contribution in [2.75, 3.05) is 6.54 Å². The molecule has 0 bridgehead atoms. The molecule has 0 amide bonds. The Morgan fingerprint density at radius 1 is 0.971 bits per heavy atom. The fraction of sp³-hybridized carbons (Fsp3) is 0.115. The van der Waals surface area contributed by atoms with Crippen LogP contribution in [0.5, 0.6) is 0 Å². The summed E-state index contributed by atoms with van der Waals surface area (Å²) in [5.74, 6) is 0.0553. The molecule has 0 aliphatic carbocycles. The molecule has 0 unspecified atom stereocenters. The fourth-order valence-corrected chi connectivity index (χ4v) is 4.25. The maximum atomic E-state index is 15.9. The summed E-state index contributed by atoms with van der Waals surface area (Å²) in [5.41, 5.74) is 6.23. The van der Waals surface area contributed by atoms with Crippen LogP contribution in [0.4, 0.5) is 4.39 Å². The van der Waals surface area contributed by atoms with E-state index < -0.39 is 0 Å². The van der Waals surface area contributed by atoms with Crippen molar-refractivity contribution in [2.45, 2.75) is 13.5 Å². The van der Waals surface area contributed by atoms with Crippen molar-refractivity contribution in [1.29, 1.82) is 0 Å². The highest BCUT2D eigenvalue weighted by atomic mass is 19.1. The molecule has 0 aliphatic heterocycles. The Balaban J connectivity index is 1.48. The van der Waals surface area contributed by atoms with Crippen molar-refractivity contribution in [1.82, 2.24) is 40.4 Å². The van der Waals surface area contributed by atoms with Crippen LogP contribution in [0.3, 0.4) is 0 Å². The summed E-state index contributed by atoms with van der Waals surface area (Å²) in [5, 5.41) is 11.0. The predicted octanol–water partition coefficient (Wildman–Crippen LogP) is 4.87. The number of benzene rings is 1. The molecule has 0 radical (unpaired) electrons. The average molecular weight is 465 g/mol. The lowest BCUT2D eigenvalue weighted by Gasteiger charge is -2.07. The predicted molar refractivity (Wildman–Crippen MR) is 133 cm³/mol. The third kappa shape index (κ3) is 3.71. The summed E-state index contributed by atoms with van der Waals surface area (Å²) in [6, 6.07) is 11.3. The molecule has 6 aromatic rings. The van der Waals surface area contributed by atoms with Gasteiger partial charge in [-0.1, -0.05) is 13.0 Å². The molecule has 0 fully saturated rings. The van der Waals surface area contributed by atoms with Gasteiger partial charge in [-0.15, -0.1) is 0 Å². The van der Waals surface area contributed by atoms with Gasteiger partial charge in [0.05, 0.1) is 16.4 Å². The van der Waals surface area contributed by atoms with E-state index in [2.05, 4.69) is 40.4 Å². The van der Waals surface area contributed by atoms with Gasteiger partial charge in [0.1, 0.15) is 11.5 Å². The average Bonchev–Trinajstić information content (AvgIpc) is 3.53. The second kappa shape index (κ2) is 8.69. The van der Waals surface area contributed by atoms with Crippen LogP contribution in [-0.2, 0) is 6.54 Å². The van der Waals surface area contributed by atoms with Gasteiger partial charge in [0, 0.05) is 59.8 Å². The van der Waals surface area contributed by atoms with Crippen molar-refractivity contribution in [3.05, 3.63) is 78.8 Å². The van der Waals surface area contributed by atoms with E-state index >= 15 is 4.39 Å². The highest BCUT2D eigenvalue weighted by molar-refractivity contribution is 5.97. The fourth-order valence-electron chi connectivity index (χ4n) is 4.25. The van der Waals surface area contributed by atoms with Gasteiger partial charge in [0.25, 0.3) is 0 Å². The maximum absolute atomic E-state index is 15.9. The number of halogens is 1. The Labute approximate surface area is 199 Å². The second-order valence-electron chi connectivity index (χ2n) is 8.17. The second-order valence-corrected chi connectivity index (χ2v) is 8.17. The zero-order valence-electron chi connectivity index (χ0n) is 18.9. The number of nitrogens with zero attached hydrogens (tertiary/aromatic N) is 5. The van der Waals surface area contributed by atoms with Crippen molar-refractivity contribution in [3.63, 3.8) is 0 Å². The highest BCUT2D eigenvalue weighted by Gasteiger charge is 2.20. The molecule has 0 saturated carbocycles. The Hall–Kier alpha value is -4.50. The minimum Gasteiger partial charge on any atom is -0.335 e. The first-order valence-corrected chi connectivity index (χ1v) is 11.3. The molecule has 6 rings (SSSR count). The smallest absolute Gasteiger partial charge is 0.178 e. The molecule has 9 heteroatoms. The number of aromatic nitrogens is 7. The Morgan fingerprint density at radius 3 is 2.74 bits per heavy atom. The molecule has 35 heavy (non-hydrogen) atoms. The van der Waals surface area contributed by atoms with Gasteiger partial charge >= 0.3 is 0 Å². The van der Waals surface area contributed by atoms with Gasteiger partial charge in [-0.3, -0.25) is 15.1 Å². The summed E-state index contributed by atoms with van der Waals surface area (Å²) in [7, 11) is 0. The van der Waals surface area contributed by atoms with E-state index in [4.69, 9.17) is 0 Å². The first-order chi connectivity index (χ1) is 17.2. The van der Waals surface area contributed by atoms with E-state index in [1.54, 1.807) is 37.1 Å². The molecule has 0 spiro atoms. The lowest BCUT2D eigenvalue weighted by Crippen LogP contribution is -2.11. The molecule has 0 atom stereocenters. The van der Waals surface area contributed by atoms with Crippen molar-refractivity contribution in [3.8, 4) is 33.8 Å². The van der Waals surface area contributed by atoms with E-state index in [1.165, 1.54) is 0 Å². The Bertz CT molecular complexity index is 1660. The molecular weight excluding hydrogens is 443 g/mol. The molecule has 5 aromatic heterocycles. The number of pyridine rings is 3. The number of nitrogens with one attached hydrogen (secondary N) is 3. The van der Waals surface area contributed by atoms with Gasteiger partial charge < -0.3 is 10.3 Å². The zero-order valence-corrected chi connectivity index (χ0v) is 18.9. The molecular formula is C26H21FN8. The molecule has 0 aliphatic rings. The third-order valence-corrected chi connectivity index (χ3v) is 5.94. The van der Waals surface area contributed by atoms with E-state index in [0.717, 1.165) is 28.8 Å². The van der Waals surface area contributed by atoms with Gasteiger partial charge in [-0.2, -0.15) is 5.10 Å². The van der Waals surface area contributed by atoms with Crippen LogP contribution in [0.25, 0.3) is 55.8 Å². The number of H-pyrrole nitrogens is 2. The van der Waals surface area contributed by atoms with E-state index in [-0.39, 0.29) is 5.82 Å². The number of rotatable bonds is 6. The minimum atomic E-state index is -0.380. The normalized spacial score (nSPS) is 11.5. The van der Waals surface area contributed by atoms with Gasteiger partial charge in [-0.25, -0.2) is 14.4 Å².